The zero-order valence-electron chi connectivity index (χ0n) is 10.4. The van der Waals surface area contributed by atoms with Crippen LogP contribution in [-0.2, 0) is 14.6 Å². The molecule has 0 aliphatic carbocycles. The van der Waals surface area contributed by atoms with Gasteiger partial charge in [-0.05, 0) is 18.2 Å². The Labute approximate surface area is 102 Å². The van der Waals surface area contributed by atoms with E-state index in [4.69, 9.17) is 0 Å². The predicted octanol–water partition coefficient (Wildman–Crippen LogP) is 2.07. The van der Waals surface area contributed by atoms with E-state index in [9.17, 15) is 13.2 Å². The van der Waals surface area contributed by atoms with Crippen molar-refractivity contribution in [2.75, 3.05) is 11.6 Å². The molecule has 0 bridgehead atoms. The van der Waals surface area contributed by atoms with Crippen LogP contribution in [0.25, 0.3) is 0 Å². The molecule has 0 spiro atoms. The summed E-state index contributed by atoms with van der Waals surface area (Å²) in [6.07, 6.45) is 1.14. The van der Waals surface area contributed by atoms with Crippen LogP contribution in [0.2, 0.25) is 0 Å². The molecule has 0 saturated heterocycles. The van der Waals surface area contributed by atoms with Gasteiger partial charge in [0, 0.05) is 17.4 Å². The first-order chi connectivity index (χ1) is 7.60. The lowest BCUT2D eigenvalue weighted by atomic mass is 9.95. The highest BCUT2D eigenvalue weighted by Gasteiger charge is 2.21. The minimum Gasteiger partial charge on any atom is -0.326 e. The second kappa shape index (κ2) is 4.49. The van der Waals surface area contributed by atoms with Crippen molar-refractivity contribution in [1.82, 2.24) is 0 Å². The molecule has 0 unspecified atom stereocenters. The summed E-state index contributed by atoms with van der Waals surface area (Å²) >= 11 is 0. The molecule has 0 radical (unpaired) electrons. The molecule has 0 fully saturated rings. The first kappa shape index (κ1) is 13.7. The summed E-state index contributed by atoms with van der Waals surface area (Å²) in [5.41, 5.74) is -0.0194. The summed E-state index contributed by atoms with van der Waals surface area (Å²) in [4.78, 5) is 11.9. The van der Waals surface area contributed by atoms with Gasteiger partial charge in [-0.2, -0.15) is 0 Å². The van der Waals surface area contributed by atoms with Gasteiger partial charge in [-0.25, -0.2) is 8.42 Å². The molecule has 1 N–H and O–H groups in total. The van der Waals surface area contributed by atoms with Gasteiger partial charge in [0.25, 0.3) is 0 Å². The lowest BCUT2D eigenvalue weighted by Gasteiger charge is -2.17. The molecule has 0 heterocycles. The molecular formula is C12H17NO3S. The Hall–Kier alpha value is -1.36. The van der Waals surface area contributed by atoms with Crippen molar-refractivity contribution < 1.29 is 13.2 Å². The third kappa shape index (κ3) is 3.85. The van der Waals surface area contributed by atoms with Gasteiger partial charge in [-0.15, -0.1) is 0 Å². The number of carbonyl (C=O) groups excluding carboxylic acids is 1. The first-order valence-electron chi connectivity index (χ1n) is 5.22. The molecule has 1 aromatic rings. The maximum atomic E-state index is 11.7. The van der Waals surface area contributed by atoms with Crippen LogP contribution >= 0.6 is 0 Å². The van der Waals surface area contributed by atoms with Crippen LogP contribution in [-0.4, -0.2) is 20.6 Å². The fourth-order valence-corrected chi connectivity index (χ4v) is 1.79. The topological polar surface area (TPSA) is 63.2 Å². The van der Waals surface area contributed by atoms with Crippen molar-refractivity contribution in [2.24, 2.45) is 5.41 Å². The van der Waals surface area contributed by atoms with Crippen LogP contribution in [0.3, 0.4) is 0 Å². The van der Waals surface area contributed by atoms with Crippen molar-refractivity contribution in [2.45, 2.75) is 25.7 Å². The summed E-state index contributed by atoms with van der Waals surface area (Å²) in [6.45, 7) is 5.38. The number of benzene rings is 1. The lowest BCUT2D eigenvalue weighted by Crippen LogP contribution is -2.27. The van der Waals surface area contributed by atoms with Gasteiger partial charge in [0.2, 0.25) is 5.91 Å². The molecule has 0 aliphatic rings. The number of hydrogen-bond acceptors (Lipinski definition) is 3. The molecule has 94 valence electrons. The highest BCUT2D eigenvalue weighted by atomic mass is 32.2. The van der Waals surface area contributed by atoms with Crippen LogP contribution in [0.15, 0.2) is 29.2 Å². The molecule has 0 aromatic heterocycles. The second-order valence-electron chi connectivity index (χ2n) is 5.00. The number of hydrogen-bond donors (Lipinski definition) is 1. The number of nitrogens with one attached hydrogen (secondary N) is 1. The van der Waals surface area contributed by atoms with Gasteiger partial charge in [-0.3, -0.25) is 4.79 Å². The van der Waals surface area contributed by atoms with E-state index in [0.29, 0.717) is 5.69 Å². The number of sulfone groups is 1. The largest absolute Gasteiger partial charge is 0.326 e. The Morgan fingerprint density at radius 1 is 1.24 bits per heavy atom. The smallest absolute Gasteiger partial charge is 0.229 e. The number of rotatable bonds is 2. The number of amides is 1. The van der Waals surface area contributed by atoms with Gasteiger partial charge in [0.15, 0.2) is 9.84 Å². The van der Waals surface area contributed by atoms with Crippen molar-refractivity contribution in [1.29, 1.82) is 0 Å². The maximum Gasteiger partial charge on any atom is 0.229 e. The molecule has 0 atom stereocenters. The van der Waals surface area contributed by atoms with Gasteiger partial charge < -0.3 is 5.32 Å². The molecule has 1 aromatic carbocycles. The molecule has 1 amide bonds. The van der Waals surface area contributed by atoms with Crippen LogP contribution < -0.4 is 5.32 Å². The standard InChI is InChI=1S/C12H17NO3S/c1-12(2,3)11(14)13-9-6-5-7-10(8-9)17(4,15)16/h5-8H,1-4H3,(H,13,14). The summed E-state index contributed by atoms with van der Waals surface area (Å²) in [6, 6.07) is 6.23. The van der Waals surface area contributed by atoms with E-state index in [-0.39, 0.29) is 10.8 Å². The van der Waals surface area contributed by atoms with E-state index in [2.05, 4.69) is 5.32 Å². The second-order valence-corrected chi connectivity index (χ2v) is 7.02. The SMILES string of the molecule is CC(C)(C)C(=O)Nc1cccc(S(C)(=O)=O)c1. The first-order valence-corrected chi connectivity index (χ1v) is 7.11. The van der Waals surface area contributed by atoms with Crippen molar-refractivity contribution >= 4 is 21.4 Å². The zero-order chi connectivity index (χ0) is 13.3. The fraction of sp³-hybridized carbons (Fsp3) is 0.417. The minimum absolute atomic E-state index is 0.150. The third-order valence-electron chi connectivity index (χ3n) is 2.20. The monoisotopic (exact) mass is 255 g/mol. The van der Waals surface area contributed by atoms with E-state index in [1.54, 1.807) is 32.9 Å². The summed E-state index contributed by atoms with van der Waals surface area (Å²) in [5, 5.41) is 2.69. The molecule has 4 nitrogen and oxygen atoms in total. The Kier molecular flexibility index (Phi) is 3.62. The van der Waals surface area contributed by atoms with E-state index < -0.39 is 15.3 Å². The minimum atomic E-state index is -3.25. The Morgan fingerprint density at radius 2 is 1.82 bits per heavy atom. The van der Waals surface area contributed by atoms with Crippen molar-refractivity contribution in [3.63, 3.8) is 0 Å². The van der Waals surface area contributed by atoms with Crippen molar-refractivity contribution in [3.05, 3.63) is 24.3 Å². The quantitative estimate of drug-likeness (QED) is 0.880. The van der Waals surface area contributed by atoms with E-state index in [1.165, 1.54) is 12.1 Å². The Bertz CT molecular complexity index is 527. The Morgan fingerprint density at radius 3 is 2.29 bits per heavy atom. The van der Waals surface area contributed by atoms with Gasteiger partial charge >= 0.3 is 0 Å². The molecule has 5 heteroatoms. The highest BCUT2D eigenvalue weighted by Crippen LogP contribution is 2.19. The fourth-order valence-electron chi connectivity index (χ4n) is 1.12. The van der Waals surface area contributed by atoms with Crippen LogP contribution in [0, 0.1) is 5.41 Å². The maximum absolute atomic E-state index is 11.7. The predicted molar refractivity (Wildman–Crippen MR) is 67.6 cm³/mol. The van der Waals surface area contributed by atoms with Crippen LogP contribution in [0.1, 0.15) is 20.8 Å². The number of carbonyl (C=O) groups is 1. The van der Waals surface area contributed by atoms with Gasteiger partial charge in [0.05, 0.1) is 4.90 Å². The summed E-state index contributed by atoms with van der Waals surface area (Å²) in [7, 11) is -3.25. The average Bonchev–Trinajstić information content (AvgIpc) is 2.15. The van der Waals surface area contributed by atoms with E-state index >= 15 is 0 Å². The number of anilines is 1. The van der Waals surface area contributed by atoms with Crippen LogP contribution in [0.4, 0.5) is 5.69 Å². The van der Waals surface area contributed by atoms with Gasteiger partial charge in [-0.1, -0.05) is 26.8 Å². The van der Waals surface area contributed by atoms with Crippen LogP contribution in [0.5, 0.6) is 0 Å². The molecule has 0 saturated carbocycles. The normalized spacial score (nSPS) is 12.2. The zero-order valence-corrected chi connectivity index (χ0v) is 11.3. The molecule has 1 rings (SSSR count). The van der Waals surface area contributed by atoms with Crippen molar-refractivity contribution in [3.8, 4) is 0 Å². The van der Waals surface area contributed by atoms with E-state index in [1.807, 2.05) is 0 Å². The lowest BCUT2D eigenvalue weighted by molar-refractivity contribution is -0.123. The summed E-state index contributed by atoms with van der Waals surface area (Å²) in [5.74, 6) is -0.150. The summed E-state index contributed by atoms with van der Waals surface area (Å²) < 4.78 is 22.7. The molecular weight excluding hydrogens is 238 g/mol. The van der Waals surface area contributed by atoms with E-state index in [0.717, 1.165) is 6.26 Å². The third-order valence-corrected chi connectivity index (χ3v) is 3.31. The molecule has 17 heavy (non-hydrogen) atoms. The molecule has 0 aliphatic heterocycles. The average molecular weight is 255 g/mol. The highest BCUT2D eigenvalue weighted by molar-refractivity contribution is 7.90. The Balaban J connectivity index is 2.99. The van der Waals surface area contributed by atoms with Gasteiger partial charge in [0.1, 0.15) is 0 Å².